The topological polar surface area (TPSA) is 70.8 Å². The number of anilines is 1. The summed E-state index contributed by atoms with van der Waals surface area (Å²) in [4.78, 5) is 43.5. The molecule has 0 saturated heterocycles. The zero-order valence-electron chi connectivity index (χ0n) is 15.6. The summed E-state index contributed by atoms with van der Waals surface area (Å²) >= 11 is 0. The number of hydrogen-bond donors (Lipinski definition) is 0. The molecule has 1 atom stereocenters. The first kappa shape index (κ1) is 16.7. The number of para-hydroxylation sites is 2. The maximum absolute atomic E-state index is 13.6. The van der Waals surface area contributed by atoms with Crippen molar-refractivity contribution in [2.45, 2.75) is 18.9 Å². The lowest BCUT2D eigenvalue weighted by atomic mass is 9.84. The Kier molecular flexibility index (Phi) is 3.32. The highest BCUT2D eigenvalue weighted by atomic mass is 16.3. The first-order valence-electron chi connectivity index (χ1n) is 9.29. The Balaban J connectivity index is 1.97. The van der Waals surface area contributed by atoms with Gasteiger partial charge in [-0.3, -0.25) is 14.4 Å². The third kappa shape index (κ3) is 1.75. The third-order valence-electron chi connectivity index (χ3n) is 5.72. The second-order valence-electron chi connectivity index (χ2n) is 7.18. The minimum absolute atomic E-state index is 0.0318. The van der Waals surface area contributed by atoms with Gasteiger partial charge in [0.15, 0.2) is 11.0 Å². The average molecular weight is 374 g/mol. The molecule has 2 amide bonds. The highest BCUT2D eigenvalue weighted by Crippen LogP contribution is 2.51. The monoisotopic (exact) mass is 374 g/mol. The summed E-state index contributed by atoms with van der Waals surface area (Å²) in [5.41, 5.74) is 0.0135. The van der Waals surface area contributed by atoms with Gasteiger partial charge in [0.05, 0.1) is 10.9 Å². The molecule has 0 fully saturated rings. The maximum Gasteiger partial charge on any atom is 0.291 e. The van der Waals surface area contributed by atoms with Gasteiger partial charge in [0.1, 0.15) is 5.58 Å². The molecule has 2 aliphatic heterocycles. The van der Waals surface area contributed by atoms with E-state index in [-0.39, 0.29) is 22.7 Å². The number of hydrogen-bond acceptors (Lipinski definition) is 4. The predicted molar refractivity (Wildman–Crippen MR) is 104 cm³/mol. The lowest BCUT2D eigenvalue weighted by Crippen LogP contribution is -2.53. The smallest absolute Gasteiger partial charge is 0.291 e. The SMILES string of the molecule is CCCN1C(=O)c2oc3ccccc3c(=O)c2[C@@]12C(=O)N(C)c1ccccc12. The molecule has 0 saturated carbocycles. The van der Waals surface area contributed by atoms with E-state index in [9.17, 15) is 14.4 Å². The summed E-state index contributed by atoms with van der Waals surface area (Å²) in [6, 6.07) is 14.1. The van der Waals surface area contributed by atoms with Gasteiger partial charge >= 0.3 is 0 Å². The average Bonchev–Trinajstić information content (AvgIpc) is 3.09. The number of carbonyl (C=O) groups excluding carboxylic acids is 2. The number of likely N-dealkylation sites (N-methyl/N-ethyl adjacent to an activating group) is 1. The van der Waals surface area contributed by atoms with E-state index in [1.54, 1.807) is 31.3 Å². The van der Waals surface area contributed by atoms with Gasteiger partial charge in [-0.05, 0) is 24.6 Å². The zero-order chi connectivity index (χ0) is 19.6. The molecule has 28 heavy (non-hydrogen) atoms. The lowest BCUT2D eigenvalue weighted by molar-refractivity contribution is -0.125. The van der Waals surface area contributed by atoms with Gasteiger partial charge in [-0.15, -0.1) is 0 Å². The fraction of sp³-hybridized carbons (Fsp3) is 0.227. The van der Waals surface area contributed by atoms with E-state index in [0.717, 1.165) is 0 Å². The van der Waals surface area contributed by atoms with Gasteiger partial charge in [-0.1, -0.05) is 37.3 Å². The number of fused-ring (bicyclic) bond motifs is 5. The predicted octanol–water partition coefficient (Wildman–Crippen LogP) is 2.88. The molecule has 6 heteroatoms. The molecule has 2 aromatic carbocycles. The third-order valence-corrected chi connectivity index (χ3v) is 5.72. The van der Waals surface area contributed by atoms with Crippen molar-refractivity contribution in [1.82, 2.24) is 4.90 Å². The van der Waals surface area contributed by atoms with Crippen LogP contribution in [0.2, 0.25) is 0 Å². The van der Waals surface area contributed by atoms with Crippen molar-refractivity contribution in [3.05, 3.63) is 75.6 Å². The van der Waals surface area contributed by atoms with E-state index in [1.165, 1.54) is 9.80 Å². The summed E-state index contributed by atoms with van der Waals surface area (Å²) in [7, 11) is 1.67. The van der Waals surface area contributed by atoms with Gasteiger partial charge in [-0.25, -0.2) is 0 Å². The number of rotatable bonds is 2. The Bertz CT molecular complexity index is 1230. The second kappa shape index (κ2) is 5.55. The van der Waals surface area contributed by atoms with Crippen LogP contribution in [0, 0.1) is 0 Å². The molecule has 0 N–H and O–H groups in total. The van der Waals surface area contributed by atoms with Crippen LogP contribution in [0.3, 0.4) is 0 Å². The highest BCUT2D eigenvalue weighted by Gasteiger charge is 2.64. The van der Waals surface area contributed by atoms with Crippen LogP contribution < -0.4 is 10.3 Å². The molecule has 6 nitrogen and oxygen atoms in total. The van der Waals surface area contributed by atoms with Crippen molar-refractivity contribution in [1.29, 1.82) is 0 Å². The van der Waals surface area contributed by atoms with E-state index in [2.05, 4.69) is 0 Å². The molecule has 0 aliphatic carbocycles. The normalized spacial score (nSPS) is 20.4. The Morgan fingerprint density at radius 1 is 1.00 bits per heavy atom. The molecule has 0 unspecified atom stereocenters. The zero-order valence-corrected chi connectivity index (χ0v) is 15.6. The van der Waals surface area contributed by atoms with E-state index >= 15 is 0 Å². The first-order valence-corrected chi connectivity index (χ1v) is 9.29. The number of benzene rings is 2. The Hall–Kier alpha value is -3.41. The van der Waals surface area contributed by atoms with Crippen LogP contribution in [-0.2, 0) is 10.3 Å². The van der Waals surface area contributed by atoms with Gasteiger partial charge in [0.2, 0.25) is 5.76 Å². The second-order valence-corrected chi connectivity index (χ2v) is 7.18. The summed E-state index contributed by atoms with van der Waals surface area (Å²) in [5.74, 6) is -0.759. The fourth-order valence-electron chi connectivity index (χ4n) is 4.57. The van der Waals surface area contributed by atoms with Crippen molar-refractivity contribution >= 4 is 28.5 Å². The molecule has 5 rings (SSSR count). The number of nitrogens with zero attached hydrogens (tertiary/aromatic N) is 2. The van der Waals surface area contributed by atoms with E-state index < -0.39 is 11.4 Å². The Morgan fingerprint density at radius 3 is 2.50 bits per heavy atom. The molecule has 0 bridgehead atoms. The van der Waals surface area contributed by atoms with Crippen molar-refractivity contribution < 1.29 is 14.0 Å². The molecule has 2 aliphatic rings. The molecular formula is C22H18N2O4. The summed E-state index contributed by atoms with van der Waals surface area (Å²) in [6.45, 7) is 2.28. The summed E-state index contributed by atoms with van der Waals surface area (Å²) < 4.78 is 5.90. The quantitative estimate of drug-likeness (QED) is 0.692. The molecule has 0 radical (unpaired) electrons. The highest BCUT2D eigenvalue weighted by molar-refractivity contribution is 6.16. The van der Waals surface area contributed by atoms with Crippen LogP contribution in [0.5, 0.6) is 0 Å². The van der Waals surface area contributed by atoms with Crippen LogP contribution in [0.4, 0.5) is 5.69 Å². The summed E-state index contributed by atoms with van der Waals surface area (Å²) in [5, 5.41) is 0.367. The largest absolute Gasteiger partial charge is 0.450 e. The van der Waals surface area contributed by atoms with E-state index in [1.807, 2.05) is 31.2 Å². The van der Waals surface area contributed by atoms with Crippen LogP contribution >= 0.6 is 0 Å². The number of amides is 2. The van der Waals surface area contributed by atoms with Crippen molar-refractivity contribution in [2.75, 3.05) is 18.5 Å². The van der Waals surface area contributed by atoms with Crippen LogP contribution in [0.15, 0.2) is 57.7 Å². The van der Waals surface area contributed by atoms with E-state index in [4.69, 9.17) is 4.42 Å². The summed E-state index contributed by atoms with van der Waals surface area (Å²) in [6.07, 6.45) is 0.647. The number of carbonyl (C=O) groups is 2. The van der Waals surface area contributed by atoms with Crippen molar-refractivity contribution in [2.24, 2.45) is 0 Å². The standard InChI is InChI=1S/C22H18N2O4/c1-3-12-24-20(26)19-17(18(25)13-8-4-7-11-16(13)28-19)22(24)14-9-5-6-10-15(14)23(2)21(22)27/h4-11H,3,12H2,1-2H3/t22-/m0/s1. The maximum atomic E-state index is 13.6. The van der Waals surface area contributed by atoms with Crippen LogP contribution in [-0.4, -0.2) is 30.3 Å². The molecule has 1 aromatic heterocycles. The van der Waals surface area contributed by atoms with Crippen LogP contribution in [0.1, 0.15) is 35.0 Å². The van der Waals surface area contributed by atoms with Gasteiger partial charge in [0, 0.05) is 24.8 Å². The molecule has 3 aromatic rings. The van der Waals surface area contributed by atoms with Crippen LogP contribution in [0.25, 0.3) is 11.0 Å². The van der Waals surface area contributed by atoms with Crippen molar-refractivity contribution in [3.8, 4) is 0 Å². The van der Waals surface area contributed by atoms with Gasteiger partial charge < -0.3 is 14.2 Å². The minimum Gasteiger partial charge on any atom is -0.450 e. The van der Waals surface area contributed by atoms with Gasteiger partial charge in [-0.2, -0.15) is 0 Å². The van der Waals surface area contributed by atoms with Gasteiger partial charge in [0.25, 0.3) is 11.8 Å². The molecular weight excluding hydrogens is 356 g/mol. The Morgan fingerprint density at radius 2 is 1.71 bits per heavy atom. The van der Waals surface area contributed by atoms with E-state index in [0.29, 0.717) is 35.2 Å². The first-order chi connectivity index (χ1) is 13.5. The Labute approximate surface area is 161 Å². The minimum atomic E-state index is -1.47. The molecule has 140 valence electrons. The molecule has 3 heterocycles. The molecule has 1 spiro atoms. The van der Waals surface area contributed by atoms with Crippen molar-refractivity contribution in [3.63, 3.8) is 0 Å². The fourth-order valence-corrected chi connectivity index (χ4v) is 4.57. The lowest BCUT2D eigenvalue weighted by Gasteiger charge is -2.33.